The number of benzene rings is 1. The summed E-state index contributed by atoms with van der Waals surface area (Å²) in [6, 6.07) is 8.36. The van der Waals surface area contributed by atoms with Crippen LogP contribution >= 0.6 is 11.3 Å². The van der Waals surface area contributed by atoms with Gasteiger partial charge in [0.25, 0.3) is 5.91 Å². The second kappa shape index (κ2) is 7.27. The molecule has 2 aromatic rings. The maximum absolute atomic E-state index is 12.6. The van der Waals surface area contributed by atoms with Crippen molar-refractivity contribution in [1.29, 1.82) is 0 Å². The van der Waals surface area contributed by atoms with E-state index in [1.165, 1.54) is 26.6 Å². The largest absolute Gasteiger partial charge is 0.321 e. The third kappa shape index (κ3) is 3.78. The summed E-state index contributed by atoms with van der Waals surface area (Å²) in [5.41, 5.74) is 1.61. The Morgan fingerprint density at radius 1 is 1.24 bits per heavy atom. The minimum absolute atomic E-state index is 0.205. The number of hydrogen-bond acceptors (Lipinski definition) is 4. The van der Waals surface area contributed by atoms with Crippen molar-refractivity contribution in [2.45, 2.75) is 38.0 Å². The first kappa shape index (κ1) is 18.1. The molecule has 1 N–H and O–H groups in total. The van der Waals surface area contributed by atoms with Gasteiger partial charge in [0.15, 0.2) is 0 Å². The van der Waals surface area contributed by atoms with Gasteiger partial charge in [0.2, 0.25) is 10.0 Å². The summed E-state index contributed by atoms with van der Waals surface area (Å²) in [5.74, 6) is -0.205. The first-order valence-electron chi connectivity index (χ1n) is 8.42. The molecule has 1 saturated heterocycles. The Bertz CT molecular complexity index is 881. The lowest BCUT2D eigenvalue weighted by Crippen LogP contribution is -2.27. The van der Waals surface area contributed by atoms with Gasteiger partial charge in [0.1, 0.15) is 0 Å². The van der Waals surface area contributed by atoms with E-state index < -0.39 is 10.0 Å². The Morgan fingerprint density at radius 2 is 1.96 bits per heavy atom. The normalized spacial score (nSPS) is 15.4. The predicted molar refractivity (Wildman–Crippen MR) is 101 cm³/mol. The summed E-state index contributed by atoms with van der Waals surface area (Å²) < 4.78 is 26.8. The Morgan fingerprint density at radius 3 is 2.60 bits per heavy atom. The van der Waals surface area contributed by atoms with Gasteiger partial charge in [-0.3, -0.25) is 4.79 Å². The quantitative estimate of drug-likeness (QED) is 0.863. The molecule has 0 saturated carbocycles. The molecule has 5 nitrogen and oxygen atoms in total. The van der Waals surface area contributed by atoms with Gasteiger partial charge in [0, 0.05) is 23.7 Å². The molecule has 7 heteroatoms. The SMILES string of the molecule is CCc1sc(C(=O)Nc2cccc(S(=O)(=O)N3CCCC3)c2)cc1C. The molecule has 0 aliphatic carbocycles. The average molecular weight is 379 g/mol. The third-order valence-electron chi connectivity index (χ3n) is 4.36. The van der Waals surface area contributed by atoms with Crippen LogP contribution in [0.15, 0.2) is 35.2 Å². The van der Waals surface area contributed by atoms with E-state index in [0.29, 0.717) is 23.7 Å². The number of amides is 1. The minimum Gasteiger partial charge on any atom is -0.321 e. The smallest absolute Gasteiger partial charge is 0.265 e. The summed E-state index contributed by atoms with van der Waals surface area (Å²) in [4.78, 5) is 14.5. The molecule has 1 aliphatic rings. The third-order valence-corrected chi connectivity index (χ3v) is 7.64. The molecule has 134 valence electrons. The van der Waals surface area contributed by atoms with Crippen LogP contribution in [-0.4, -0.2) is 31.7 Å². The van der Waals surface area contributed by atoms with Crippen LogP contribution in [0.4, 0.5) is 5.69 Å². The van der Waals surface area contributed by atoms with Crippen molar-refractivity contribution in [3.63, 3.8) is 0 Å². The molecule has 1 aromatic heterocycles. The van der Waals surface area contributed by atoms with Crippen molar-refractivity contribution in [1.82, 2.24) is 4.31 Å². The van der Waals surface area contributed by atoms with Crippen molar-refractivity contribution in [3.8, 4) is 0 Å². The van der Waals surface area contributed by atoms with Gasteiger partial charge in [0.05, 0.1) is 9.77 Å². The molecular weight excluding hydrogens is 356 g/mol. The minimum atomic E-state index is -3.48. The maximum atomic E-state index is 12.6. The van der Waals surface area contributed by atoms with Crippen molar-refractivity contribution >= 4 is 33.0 Å². The van der Waals surface area contributed by atoms with Gasteiger partial charge in [-0.15, -0.1) is 11.3 Å². The number of rotatable bonds is 5. The Balaban J connectivity index is 1.80. The molecule has 1 aliphatic heterocycles. The molecule has 1 fully saturated rings. The molecule has 2 heterocycles. The van der Waals surface area contributed by atoms with Gasteiger partial charge >= 0.3 is 0 Å². The number of anilines is 1. The fraction of sp³-hybridized carbons (Fsp3) is 0.389. The zero-order valence-electron chi connectivity index (χ0n) is 14.4. The second-order valence-corrected chi connectivity index (χ2v) is 9.24. The van der Waals surface area contributed by atoms with Gasteiger partial charge in [-0.1, -0.05) is 13.0 Å². The van der Waals surface area contributed by atoms with Gasteiger partial charge in [-0.25, -0.2) is 8.42 Å². The second-order valence-electron chi connectivity index (χ2n) is 6.16. The summed E-state index contributed by atoms with van der Waals surface area (Å²) in [7, 11) is -3.48. The monoisotopic (exact) mass is 378 g/mol. The molecule has 0 spiro atoms. The van der Waals surface area contributed by atoms with Crippen LogP contribution in [0, 0.1) is 6.92 Å². The number of nitrogens with one attached hydrogen (secondary N) is 1. The van der Waals surface area contributed by atoms with E-state index in [9.17, 15) is 13.2 Å². The molecule has 1 amide bonds. The van der Waals surface area contributed by atoms with Crippen LogP contribution in [0.1, 0.15) is 39.9 Å². The highest BCUT2D eigenvalue weighted by Gasteiger charge is 2.27. The fourth-order valence-corrected chi connectivity index (χ4v) is 5.56. The van der Waals surface area contributed by atoms with E-state index in [2.05, 4.69) is 12.2 Å². The van der Waals surface area contributed by atoms with Gasteiger partial charge in [-0.2, -0.15) is 4.31 Å². The van der Waals surface area contributed by atoms with E-state index in [4.69, 9.17) is 0 Å². The van der Waals surface area contributed by atoms with Crippen LogP contribution in [0.3, 0.4) is 0 Å². The van der Waals surface area contributed by atoms with Crippen LogP contribution < -0.4 is 5.32 Å². The molecule has 3 rings (SSSR count). The van der Waals surface area contributed by atoms with Crippen LogP contribution in [0.5, 0.6) is 0 Å². The van der Waals surface area contributed by atoms with E-state index in [1.807, 2.05) is 13.0 Å². The van der Waals surface area contributed by atoms with Gasteiger partial charge < -0.3 is 5.32 Å². The lowest BCUT2D eigenvalue weighted by atomic mass is 10.2. The highest BCUT2D eigenvalue weighted by Crippen LogP contribution is 2.25. The van der Waals surface area contributed by atoms with E-state index >= 15 is 0 Å². The van der Waals surface area contributed by atoms with Gasteiger partial charge in [-0.05, 0) is 56.0 Å². The number of nitrogens with zero attached hydrogens (tertiary/aromatic N) is 1. The molecule has 0 radical (unpaired) electrons. The van der Waals surface area contributed by atoms with Crippen LogP contribution in [-0.2, 0) is 16.4 Å². The molecule has 25 heavy (non-hydrogen) atoms. The maximum Gasteiger partial charge on any atom is 0.265 e. The number of carbonyl (C=O) groups excluding carboxylic acids is 1. The fourth-order valence-electron chi connectivity index (χ4n) is 2.99. The topological polar surface area (TPSA) is 66.5 Å². The number of hydrogen-bond donors (Lipinski definition) is 1. The molecule has 0 atom stereocenters. The summed E-state index contributed by atoms with van der Waals surface area (Å²) in [6.07, 6.45) is 2.69. The number of carbonyl (C=O) groups is 1. The lowest BCUT2D eigenvalue weighted by molar-refractivity contribution is 0.103. The summed E-state index contributed by atoms with van der Waals surface area (Å²) >= 11 is 1.48. The Labute approximate surface area is 152 Å². The predicted octanol–water partition coefficient (Wildman–Crippen LogP) is 3.66. The highest BCUT2D eigenvalue weighted by atomic mass is 32.2. The van der Waals surface area contributed by atoms with E-state index in [0.717, 1.165) is 24.8 Å². The molecule has 0 unspecified atom stereocenters. The first-order valence-corrected chi connectivity index (χ1v) is 10.7. The van der Waals surface area contributed by atoms with E-state index in [-0.39, 0.29) is 10.8 Å². The number of thiophene rings is 1. The first-order chi connectivity index (χ1) is 11.9. The zero-order valence-corrected chi connectivity index (χ0v) is 16.0. The number of sulfonamides is 1. The van der Waals surface area contributed by atoms with E-state index in [1.54, 1.807) is 18.2 Å². The Kier molecular flexibility index (Phi) is 5.27. The molecular formula is C18H22N2O3S2. The lowest BCUT2D eigenvalue weighted by Gasteiger charge is -2.16. The summed E-state index contributed by atoms with van der Waals surface area (Å²) in [5, 5.41) is 2.81. The Hall–Kier alpha value is -1.70. The summed E-state index contributed by atoms with van der Waals surface area (Å²) in [6.45, 7) is 5.18. The highest BCUT2D eigenvalue weighted by molar-refractivity contribution is 7.89. The van der Waals surface area contributed by atoms with Crippen molar-refractivity contribution in [3.05, 3.63) is 45.6 Å². The molecule has 0 bridgehead atoms. The van der Waals surface area contributed by atoms with Crippen LogP contribution in [0.25, 0.3) is 0 Å². The number of aryl methyl sites for hydroxylation is 2. The average Bonchev–Trinajstić information content (AvgIpc) is 3.25. The van der Waals surface area contributed by atoms with Crippen molar-refractivity contribution in [2.24, 2.45) is 0 Å². The molecule has 1 aromatic carbocycles. The van der Waals surface area contributed by atoms with Crippen molar-refractivity contribution < 1.29 is 13.2 Å². The standard InChI is InChI=1S/C18H22N2O3S2/c1-3-16-13(2)11-17(24-16)18(21)19-14-7-6-8-15(12-14)25(22,23)20-9-4-5-10-20/h6-8,11-12H,3-5,9-10H2,1-2H3,(H,19,21). The van der Waals surface area contributed by atoms with Crippen LogP contribution in [0.2, 0.25) is 0 Å². The van der Waals surface area contributed by atoms with Crippen molar-refractivity contribution in [2.75, 3.05) is 18.4 Å². The zero-order chi connectivity index (χ0) is 18.0.